The molecule has 1 heterocycles. The summed E-state index contributed by atoms with van der Waals surface area (Å²) in [4.78, 5) is 11.0. The van der Waals surface area contributed by atoms with E-state index in [4.69, 9.17) is 5.26 Å². The van der Waals surface area contributed by atoms with Crippen LogP contribution in [-0.2, 0) is 11.3 Å². The molecule has 0 bridgehead atoms. The lowest BCUT2D eigenvalue weighted by atomic mass is 10.5. The molecule has 0 aliphatic carbocycles. The number of carbonyl (C=O) groups excluding carboxylic acids is 1. The third-order valence-corrected chi connectivity index (χ3v) is 1.36. The standard InChI is InChI=1S/C8H9N3O/c9-3-4-10-8(12)7-11-5-1-2-6-11/h1-2,5-6H,4,7H2,(H,10,12). The van der Waals surface area contributed by atoms with Gasteiger partial charge in [-0.1, -0.05) is 0 Å². The van der Waals surface area contributed by atoms with Gasteiger partial charge in [-0.25, -0.2) is 0 Å². The minimum atomic E-state index is -0.146. The third kappa shape index (κ3) is 2.46. The summed E-state index contributed by atoms with van der Waals surface area (Å²) in [5, 5.41) is 10.6. The van der Waals surface area contributed by atoms with Crippen LogP contribution in [0.4, 0.5) is 0 Å². The van der Waals surface area contributed by atoms with Gasteiger partial charge in [-0.15, -0.1) is 0 Å². The molecule has 1 aromatic heterocycles. The molecule has 1 aromatic rings. The Kier molecular flexibility index (Phi) is 2.91. The van der Waals surface area contributed by atoms with Gasteiger partial charge in [-0.05, 0) is 12.1 Å². The molecule has 0 fully saturated rings. The zero-order valence-corrected chi connectivity index (χ0v) is 6.53. The predicted octanol–water partition coefficient (Wildman–Crippen LogP) is 0.128. The molecule has 0 radical (unpaired) electrons. The van der Waals surface area contributed by atoms with E-state index in [1.807, 2.05) is 18.2 Å². The van der Waals surface area contributed by atoms with Crippen molar-refractivity contribution in [3.63, 3.8) is 0 Å². The summed E-state index contributed by atoms with van der Waals surface area (Å²) < 4.78 is 1.74. The second-order valence-electron chi connectivity index (χ2n) is 2.29. The van der Waals surface area contributed by atoms with Crippen LogP contribution in [0.15, 0.2) is 24.5 Å². The molecule has 1 N–H and O–H groups in total. The van der Waals surface area contributed by atoms with E-state index in [9.17, 15) is 4.79 Å². The monoisotopic (exact) mass is 163 g/mol. The minimum absolute atomic E-state index is 0.0695. The van der Waals surface area contributed by atoms with Crippen molar-refractivity contribution in [2.45, 2.75) is 6.54 Å². The van der Waals surface area contributed by atoms with Crippen LogP contribution >= 0.6 is 0 Å². The Morgan fingerprint density at radius 3 is 2.75 bits per heavy atom. The summed E-state index contributed by atoms with van der Waals surface area (Å²) in [6.07, 6.45) is 3.60. The van der Waals surface area contributed by atoms with Gasteiger partial charge in [0.05, 0.1) is 6.07 Å². The summed E-state index contributed by atoms with van der Waals surface area (Å²) in [6.45, 7) is 0.342. The maximum atomic E-state index is 11.0. The second-order valence-corrected chi connectivity index (χ2v) is 2.29. The van der Waals surface area contributed by atoms with E-state index < -0.39 is 0 Å². The molecule has 4 nitrogen and oxygen atoms in total. The van der Waals surface area contributed by atoms with Gasteiger partial charge in [0.1, 0.15) is 13.1 Å². The van der Waals surface area contributed by atoms with E-state index in [-0.39, 0.29) is 19.0 Å². The smallest absolute Gasteiger partial charge is 0.240 e. The molecule has 62 valence electrons. The number of nitrogens with zero attached hydrogens (tertiary/aromatic N) is 2. The Balaban J connectivity index is 2.33. The fourth-order valence-corrected chi connectivity index (χ4v) is 0.835. The van der Waals surface area contributed by atoms with Crippen LogP contribution in [0.25, 0.3) is 0 Å². The van der Waals surface area contributed by atoms with Crippen LogP contribution in [0, 0.1) is 11.3 Å². The minimum Gasteiger partial charge on any atom is -0.345 e. The quantitative estimate of drug-likeness (QED) is 0.644. The summed E-state index contributed by atoms with van der Waals surface area (Å²) in [7, 11) is 0. The summed E-state index contributed by atoms with van der Waals surface area (Å²) in [6, 6.07) is 5.53. The van der Waals surface area contributed by atoms with E-state index in [1.54, 1.807) is 17.0 Å². The van der Waals surface area contributed by atoms with Crippen LogP contribution in [0.3, 0.4) is 0 Å². The Morgan fingerprint density at radius 2 is 2.17 bits per heavy atom. The molecule has 0 saturated carbocycles. The third-order valence-electron chi connectivity index (χ3n) is 1.36. The van der Waals surface area contributed by atoms with Gasteiger partial charge in [0.25, 0.3) is 0 Å². The van der Waals surface area contributed by atoms with Gasteiger partial charge >= 0.3 is 0 Å². The number of nitriles is 1. The number of carbonyl (C=O) groups is 1. The van der Waals surface area contributed by atoms with E-state index in [2.05, 4.69) is 5.32 Å². The first-order valence-corrected chi connectivity index (χ1v) is 3.57. The lowest BCUT2D eigenvalue weighted by Crippen LogP contribution is -2.27. The lowest BCUT2D eigenvalue weighted by Gasteiger charge is -2.01. The van der Waals surface area contributed by atoms with Crippen molar-refractivity contribution in [3.05, 3.63) is 24.5 Å². The average molecular weight is 163 g/mol. The molecule has 1 rings (SSSR count). The van der Waals surface area contributed by atoms with Crippen LogP contribution in [0.1, 0.15) is 0 Å². The van der Waals surface area contributed by atoms with Crippen LogP contribution < -0.4 is 5.32 Å². The lowest BCUT2D eigenvalue weighted by molar-refractivity contribution is -0.121. The maximum Gasteiger partial charge on any atom is 0.240 e. The van der Waals surface area contributed by atoms with Gasteiger partial charge in [0.2, 0.25) is 5.91 Å². The first-order valence-electron chi connectivity index (χ1n) is 3.57. The van der Waals surface area contributed by atoms with Crippen molar-refractivity contribution < 1.29 is 4.79 Å². The van der Waals surface area contributed by atoms with Crippen LogP contribution in [0.5, 0.6) is 0 Å². The number of hydrogen-bond acceptors (Lipinski definition) is 2. The van der Waals surface area contributed by atoms with Crippen molar-refractivity contribution >= 4 is 5.91 Å². The molecule has 12 heavy (non-hydrogen) atoms. The normalized spacial score (nSPS) is 8.92. The number of rotatable bonds is 3. The van der Waals surface area contributed by atoms with Crippen molar-refractivity contribution in [1.82, 2.24) is 9.88 Å². The molecule has 1 amide bonds. The topological polar surface area (TPSA) is 57.8 Å². The summed E-state index contributed by atoms with van der Waals surface area (Å²) in [5.74, 6) is -0.146. The summed E-state index contributed by atoms with van der Waals surface area (Å²) >= 11 is 0. The highest BCUT2D eigenvalue weighted by atomic mass is 16.1. The van der Waals surface area contributed by atoms with Crippen molar-refractivity contribution in [2.75, 3.05) is 6.54 Å². The highest BCUT2D eigenvalue weighted by molar-refractivity contribution is 5.75. The van der Waals surface area contributed by atoms with Crippen molar-refractivity contribution in [2.24, 2.45) is 0 Å². The number of amides is 1. The van der Waals surface area contributed by atoms with E-state index in [0.717, 1.165) is 0 Å². The molecule has 4 heteroatoms. The molecule has 0 aliphatic heterocycles. The van der Waals surface area contributed by atoms with E-state index in [1.165, 1.54) is 0 Å². The molecule has 0 spiro atoms. The van der Waals surface area contributed by atoms with Crippen LogP contribution in [0.2, 0.25) is 0 Å². The van der Waals surface area contributed by atoms with Gasteiger partial charge < -0.3 is 9.88 Å². The second kappa shape index (κ2) is 4.19. The SMILES string of the molecule is N#CCNC(=O)Cn1cccc1. The number of hydrogen-bond donors (Lipinski definition) is 1. The fraction of sp³-hybridized carbons (Fsp3) is 0.250. The van der Waals surface area contributed by atoms with Crippen molar-refractivity contribution in [1.29, 1.82) is 5.26 Å². The van der Waals surface area contributed by atoms with E-state index >= 15 is 0 Å². The molecular formula is C8H9N3O. The molecule has 0 aliphatic rings. The number of aromatic nitrogens is 1. The zero-order valence-electron chi connectivity index (χ0n) is 6.53. The van der Waals surface area contributed by atoms with Crippen molar-refractivity contribution in [3.8, 4) is 6.07 Å². The first-order chi connectivity index (χ1) is 5.83. The highest BCUT2D eigenvalue weighted by Crippen LogP contribution is 1.88. The van der Waals surface area contributed by atoms with Gasteiger partial charge in [-0.2, -0.15) is 5.26 Å². The Morgan fingerprint density at radius 1 is 1.50 bits per heavy atom. The molecular weight excluding hydrogens is 154 g/mol. The summed E-state index contributed by atoms with van der Waals surface area (Å²) in [5.41, 5.74) is 0. The average Bonchev–Trinajstić information content (AvgIpc) is 2.53. The number of nitrogens with one attached hydrogen (secondary N) is 1. The van der Waals surface area contributed by atoms with Gasteiger partial charge in [-0.3, -0.25) is 4.79 Å². The predicted molar refractivity (Wildman–Crippen MR) is 43.1 cm³/mol. The molecule has 0 saturated heterocycles. The Bertz CT molecular complexity index is 284. The van der Waals surface area contributed by atoms with Gasteiger partial charge in [0.15, 0.2) is 0 Å². The maximum absolute atomic E-state index is 11.0. The van der Waals surface area contributed by atoms with Gasteiger partial charge in [0, 0.05) is 12.4 Å². The highest BCUT2D eigenvalue weighted by Gasteiger charge is 1.98. The fourth-order valence-electron chi connectivity index (χ4n) is 0.835. The molecule has 0 aromatic carbocycles. The van der Waals surface area contributed by atoms with Crippen LogP contribution in [-0.4, -0.2) is 17.0 Å². The Labute approximate surface area is 70.4 Å². The largest absolute Gasteiger partial charge is 0.345 e. The first kappa shape index (κ1) is 8.34. The molecule has 0 atom stereocenters. The van der Waals surface area contributed by atoms with E-state index in [0.29, 0.717) is 0 Å². The Hall–Kier alpha value is -1.76. The molecule has 0 unspecified atom stereocenters. The zero-order chi connectivity index (χ0) is 8.81.